The molecular weight excluding hydrogens is 558 g/mol. The Kier molecular flexibility index (Phi) is 11.9. The Balaban J connectivity index is 0.000000317. The maximum absolute atomic E-state index is 10.6. The lowest BCUT2D eigenvalue weighted by Crippen LogP contribution is -2.30. The fourth-order valence-electron chi connectivity index (χ4n) is 3.32. The van der Waals surface area contributed by atoms with Crippen molar-refractivity contribution in [1.82, 2.24) is 19.4 Å². The fraction of sp³-hybridized carbons (Fsp3) is 0.391. The third-order valence-corrected chi connectivity index (χ3v) is 5.69. The highest BCUT2D eigenvalue weighted by atomic mass is 32.1. The van der Waals surface area contributed by atoms with Crippen molar-refractivity contribution in [2.45, 2.75) is 38.6 Å². The molecule has 1 aliphatic heterocycles. The van der Waals surface area contributed by atoms with Gasteiger partial charge in [-0.1, -0.05) is 6.07 Å². The van der Waals surface area contributed by atoms with Gasteiger partial charge in [-0.05, 0) is 34.0 Å². The molecule has 0 bridgehead atoms. The smallest absolute Gasteiger partial charge is 0.475 e. The number of aliphatic carboxylic acids is 2. The van der Waals surface area contributed by atoms with E-state index in [9.17, 15) is 26.3 Å². The van der Waals surface area contributed by atoms with Gasteiger partial charge >= 0.3 is 24.3 Å². The number of hydrogen-bond donors (Lipinski definition) is 2. The Morgan fingerprint density at radius 3 is 2.23 bits per heavy atom. The minimum Gasteiger partial charge on any atom is -0.475 e. The average Bonchev–Trinajstić information content (AvgIpc) is 3.48. The second kappa shape index (κ2) is 14.6. The second-order valence-corrected chi connectivity index (χ2v) is 8.93. The van der Waals surface area contributed by atoms with E-state index in [4.69, 9.17) is 24.5 Å². The van der Waals surface area contributed by atoms with Crippen molar-refractivity contribution >= 4 is 23.3 Å². The van der Waals surface area contributed by atoms with Crippen molar-refractivity contribution in [3.05, 3.63) is 70.7 Å². The van der Waals surface area contributed by atoms with E-state index in [2.05, 4.69) is 48.5 Å². The minimum absolute atomic E-state index is 0.450. The van der Waals surface area contributed by atoms with E-state index in [1.807, 2.05) is 18.5 Å². The zero-order chi connectivity index (χ0) is 29.1. The summed E-state index contributed by atoms with van der Waals surface area (Å²) in [5, 5.41) is 18.6. The molecule has 214 valence electrons. The zero-order valence-electron chi connectivity index (χ0n) is 20.1. The summed E-state index contributed by atoms with van der Waals surface area (Å²) in [6.45, 7) is 5.20. The number of nitrogens with zero attached hydrogens (tertiary/aromatic N) is 4. The molecule has 0 radical (unpaired) electrons. The number of fused-ring (bicyclic) bond motifs is 1. The Bertz CT molecular complexity index is 1130. The van der Waals surface area contributed by atoms with Crippen LogP contribution in [0, 0.1) is 5.92 Å². The number of rotatable bonds is 6. The van der Waals surface area contributed by atoms with Gasteiger partial charge in [0.2, 0.25) is 0 Å². The van der Waals surface area contributed by atoms with Crippen LogP contribution in [0.25, 0.3) is 0 Å². The Hall–Kier alpha value is -3.50. The number of carboxylic acids is 2. The van der Waals surface area contributed by atoms with Crippen LogP contribution in [0.5, 0.6) is 0 Å². The first-order valence-corrected chi connectivity index (χ1v) is 12.0. The van der Waals surface area contributed by atoms with Crippen molar-refractivity contribution in [1.29, 1.82) is 0 Å². The van der Waals surface area contributed by atoms with Gasteiger partial charge < -0.3 is 19.5 Å². The van der Waals surface area contributed by atoms with E-state index < -0.39 is 24.3 Å². The highest BCUT2D eigenvalue weighted by Gasteiger charge is 2.38. The van der Waals surface area contributed by atoms with E-state index in [1.165, 1.54) is 5.56 Å². The monoisotopic (exact) mass is 582 g/mol. The SMILES string of the molecule is O=C(O)C(F)(F)F.O=C(O)C(F)(F)F.c1cncc(COCC2CN(Cc3ccsc3)Cc3nccn3C2)c1. The molecule has 0 saturated heterocycles. The van der Waals surface area contributed by atoms with E-state index in [0.717, 1.165) is 44.2 Å². The highest BCUT2D eigenvalue weighted by molar-refractivity contribution is 7.07. The van der Waals surface area contributed by atoms with Crippen LogP contribution < -0.4 is 0 Å². The molecule has 3 aromatic heterocycles. The quantitative estimate of drug-likeness (QED) is 0.410. The molecule has 0 aliphatic carbocycles. The number of thiophene rings is 1. The number of halogens is 6. The predicted molar refractivity (Wildman–Crippen MR) is 125 cm³/mol. The van der Waals surface area contributed by atoms with Gasteiger partial charge in [-0.25, -0.2) is 14.6 Å². The predicted octanol–water partition coefficient (Wildman–Crippen LogP) is 4.46. The fourth-order valence-corrected chi connectivity index (χ4v) is 3.98. The summed E-state index contributed by atoms with van der Waals surface area (Å²) in [5.41, 5.74) is 2.50. The normalized spacial score (nSPS) is 15.6. The highest BCUT2D eigenvalue weighted by Crippen LogP contribution is 2.19. The van der Waals surface area contributed by atoms with Crippen molar-refractivity contribution in [2.75, 3.05) is 13.2 Å². The van der Waals surface area contributed by atoms with E-state index in [-0.39, 0.29) is 0 Å². The van der Waals surface area contributed by atoms with E-state index in [0.29, 0.717) is 12.5 Å². The molecule has 0 amide bonds. The lowest BCUT2D eigenvalue weighted by atomic mass is 10.1. The van der Waals surface area contributed by atoms with Gasteiger partial charge in [0.1, 0.15) is 5.82 Å². The van der Waals surface area contributed by atoms with E-state index in [1.54, 1.807) is 17.5 Å². The van der Waals surface area contributed by atoms with Gasteiger partial charge in [0, 0.05) is 50.3 Å². The summed E-state index contributed by atoms with van der Waals surface area (Å²) in [6.07, 6.45) is -2.53. The second-order valence-electron chi connectivity index (χ2n) is 8.15. The first-order valence-electron chi connectivity index (χ1n) is 11.1. The molecule has 0 fully saturated rings. The number of pyridine rings is 1. The topological polar surface area (TPSA) is 118 Å². The van der Waals surface area contributed by atoms with Crippen LogP contribution >= 0.6 is 11.3 Å². The maximum Gasteiger partial charge on any atom is 0.490 e. The average molecular weight is 583 g/mol. The molecule has 16 heteroatoms. The maximum atomic E-state index is 10.6. The third-order valence-electron chi connectivity index (χ3n) is 4.95. The summed E-state index contributed by atoms with van der Waals surface area (Å²) in [5.74, 6) is -3.92. The lowest BCUT2D eigenvalue weighted by Gasteiger charge is -2.23. The minimum atomic E-state index is -5.08. The molecule has 0 aromatic carbocycles. The molecule has 3 aromatic rings. The van der Waals surface area contributed by atoms with Crippen LogP contribution in [0.2, 0.25) is 0 Å². The molecular formula is C23H24F6N4O5S. The van der Waals surface area contributed by atoms with Crippen LogP contribution in [0.4, 0.5) is 26.3 Å². The largest absolute Gasteiger partial charge is 0.490 e. The number of ether oxygens (including phenoxy) is 1. The molecule has 39 heavy (non-hydrogen) atoms. The Labute approximate surface area is 222 Å². The first kappa shape index (κ1) is 31.7. The Morgan fingerprint density at radius 1 is 1.03 bits per heavy atom. The third kappa shape index (κ3) is 11.8. The van der Waals surface area contributed by atoms with Crippen LogP contribution in [0.3, 0.4) is 0 Å². The number of alkyl halides is 6. The van der Waals surface area contributed by atoms with Crippen molar-refractivity contribution in [3.8, 4) is 0 Å². The summed E-state index contributed by atoms with van der Waals surface area (Å²) >= 11 is 1.75. The first-order chi connectivity index (χ1) is 18.3. The van der Waals surface area contributed by atoms with Crippen molar-refractivity contribution in [2.24, 2.45) is 5.92 Å². The van der Waals surface area contributed by atoms with Gasteiger partial charge in [-0.2, -0.15) is 37.7 Å². The standard InChI is InChI=1S/C19H22N4OS.2C2HF3O2/c1-2-16(8-20-4-1)13-24-14-18-10-22(9-17-3-7-25-15-17)12-19-21-5-6-23(19)11-18;2*3-2(4,5)1(6)7/h1-8,15,18H,9-14H2;2*(H,6,7). The van der Waals surface area contributed by atoms with Crippen LogP contribution in [-0.4, -0.2) is 67.1 Å². The van der Waals surface area contributed by atoms with Gasteiger partial charge in [0.05, 0.1) is 19.8 Å². The van der Waals surface area contributed by atoms with Crippen molar-refractivity contribution in [3.63, 3.8) is 0 Å². The number of imidazole rings is 1. The van der Waals surface area contributed by atoms with Crippen LogP contribution in [0.15, 0.2) is 53.7 Å². The number of carboxylic acid groups (broad SMARTS) is 2. The van der Waals surface area contributed by atoms with Crippen LogP contribution in [-0.2, 0) is 40.6 Å². The van der Waals surface area contributed by atoms with Gasteiger partial charge in [0.15, 0.2) is 0 Å². The molecule has 4 heterocycles. The molecule has 9 nitrogen and oxygen atoms in total. The molecule has 0 spiro atoms. The van der Waals surface area contributed by atoms with Gasteiger partial charge in [-0.3, -0.25) is 9.88 Å². The Morgan fingerprint density at radius 2 is 1.69 bits per heavy atom. The summed E-state index contributed by atoms with van der Waals surface area (Å²) in [6, 6.07) is 6.21. The van der Waals surface area contributed by atoms with Crippen LogP contribution in [0.1, 0.15) is 17.0 Å². The zero-order valence-corrected chi connectivity index (χ0v) is 20.9. The summed E-state index contributed by atoms with van der Waals surface area (Å²) < 4.78 is 71.7. The summed E-state index contributed by atoms with van der Waals surface area (Å²) in [4.78, 5) is 28.9. The van der Waals surface area contributed by atoms with Gasteiger partial charge in [-0.15, -0.1) is 0 Å². The molecule has 2 N–H and O–H groups in total. The molecule has 0 saturated carbocycles. The number of hydrogen-bond acceptors (Lipinski definition) is 7. The van der Waals surface area contributed by atoms with Gasteiger partial charge in [0.25, 0.3) is 0 Å². The van der Waals surface area contributed by atoms with Crippen molar-refractivity contribution < 1.29 is 50.9 Å². The molecule has 1 unspecified atom stereocenters. The number of aromatic nitrogens is 3. The number of carbonyl (C=O) groups is 2. The molecule has 1 atom stereocenters. The van der Waals surface area contributed by atoms with E-state index >= 15 is 0 Å². The lowest BCUT2D eigenvalue weighted by molar-refractivity contribution is -0.193. The molecule has 1 aliphatic rings. The molecule has 4 rings (SSSR count). The summed E-state index contributed by atoms with van der Waals surface area (Å²) in [7, 11) is 0.